The van der Waals surface area contributed by atoms with Gasteiger partial charge in [-0.05, 0) is 41.7 Å². The lowest BCUT2D eigenvalue weighted by molar-refractivity contribution is -0.103. The molecule has 0 aromatic heterocycles. The van der Waals surface area contributed by atoms with Crippen LogP contribution in [-0.2, 0) is 20.6 Å². The summed E-state index contributed by atoms with van der Waals surface area (Å²) in [5.74, 6) is 5.36. The Bertz CT molecular complexity index is 536. The summed E-state index contributed by atoms with van der Waals surface area (Å²) in [7, 11) is -1.72. The molecule has 0 bridgehead atoms. The third-order valence-electron chi connectivity index (χ3n) is 4.33. The molecule has 0 unspecified atom stereocenters. The molecule has 1 aromatic carbocycles. The number of carbonyl (C=O) groups is 1. The average molecular weight is 411 g/mol. The van der Waals surface area contributed by atoms with Gasteiger partial charge < -0.3 is 9.16 Å². The number of hydrogen-bond donors (Lipinski definition) is 0. The van der Waals surface area contributed by atoms with Crippen LogP contribution in [0, 0.1) is 11.8 Å². The Labute approximate surface area is 155 Å². The lowest BCUT2D eigenvalue weighted by Crippen LogP contribution is -2.41. The van der Waals surface area contributed by atoms with E-state index in [9.17, 15) is 4.79 Å². The molecular formula is C19H27BrO3Si. The van der Waals surface area contributed by atoms with Crippen molar-refractivity contribution >= 4 is 30.5 Å². The average Bonchev–Trinajstić information content (AvgIpc) is 2.61. The molecule has 0 amide bonds. The Morgan fingerprint density at radius 2 is 1.79 bits per heavy atom. The van der Waals surface area contributed by atoms with E-state index in [4.69, 9.17) is 9.16 Å². The van der Waals surface area contributed by atoms with Crippen LogP contribution in [0.15, 0.2) is 28.7 Å². The summed E-state index contributed by atoms with van der Waals surface area (Å²) in [4.78, 5) is 10.4. The van der Waals surface area contributed by atoms with Gasteiger partial charge in [0.15, 0.2) is 14.6 Å². The fraction of sp³-hybridized carbons (Fsp3) is 0.526. The van der Waals surface area contributed by atoms with Crippen LogP contribution in [0.3, 0.4) is 0 Å². The highest BCUT2D eigenvalue weighted by Gasteiger charge is 2.31. The summed E-state index contributed by atoms with van der Waals surface area (Å²) in [6.07, 6.45) is 1.09. The first-order chi connectivity index (χ1) is 11.6. The van der Waals surface area contributed by atoms with Gasteiger partial charge >= 0.3 is 0 Å². The number of halogens is 1. The van der Waals surface area contributed by atoms with Gasteiger partial charge in [0.2, 0.25) is 0 Å². The van der Waals surface area contributed by atoms with Crippen molar-refractivity contribution in [1.82, 2.24) is 0 Å². The van der Waals surface area contributed by atoms with Gasteiger partial charge in [0.1, 0.15) is 0 Å². The lowest BCUT2D eigenvalue weighted by Gasteiger charge is -2.32. The number of ether oxygens (including phenoxy) is 1. The highest BCUT2D eigenvalue weighted by molar-refractivity contribution is 9.10. The molecule has 0 N–H and O–H groups in total. The highest BCUT2D eigenvalue weighted by Crippen LogP contribution is 2.24. The maximum absolute atomic E-state index is 10.4. The Morgan fingerprint density at radius 3 is 2.33 bits per heavy atom. The van der Waals surface area contributed by atoms with Gasteiger partial charge in [-0.1, -0.05) is 54.8 Å². The van der Waals surface area contributed by atoms with Crippen molar-refractivity contribution in [1.29, 1.82) is 0 Å². The van der Waals surface area contributed by atoms with Crippen molar-refractivity contribution in [3.63, 3.8) is 0 Å². The topological polar surface area (TPSA) is 35.5 Å². The summed E-state index contributed by atoms with van der Waals surface area (Å²) in [5.41, 5.74) is 1.13. The van der Waals surface area contributed by atoms with Crippen LogP contribution in [0.4, 0.5) is 0 Å². The highest BCUT2D eigenvalue weighted by atomic mass is 79.9. The molecule has 3 nitrogen and oxygen atoms in total. The first kappa shape index (κ1) is 21.1. The predicted molar refractivity (Wildman–Crippen MR) is 104 cm³/mol. The standard InChI is InChI=1S/C19H27BrO3Si/c1-4-24(5-2,6-3)23-19(9-7-8-14-21)16-22-15-17-10-12-18(20)13-11-17/h10-14,19H,4-6,9,15-16H2,1-3H3/t19-/m0/s1. The second kappa shape index (κ2) is 11.6. The second-order valence-corrected chi connectivity index (χ2v) is 11.4. The number of aldehydes is 1. The number of carbonyl (C=O) groups excluding carboxylic acids is 1. The van der Waals surface area contributed by atoms with Gasteiger partial charge in [-0.3, -0.25) is 4.79 Å². The van der Waals surface area contributed by atoms with Crippen LogP contribution in [-0.4, -0.2) is 27.3 Å². The van der Waals surface area contributed by atoms with Crippen LogP contribution in [0.5, 0.6) is 0 Å². The zero-order valence-corrected chi connectivity index (χ0v) is 17.4. The molecule has 0 heterocycles. The van der Waals surface area contributed by atoms with Gasteiger partial charge in [-0.2, -0.15) is 0 Å². The van der Waals surface area contributed by atoms with E-state index < -0.39 is 8.32 Å². The van der Waals surface area contributed by atoms with Gasteiger partial charge in [-0.25, -0.2) is 0 Å². The Morgan fingerprint density at radius 1 is 1.17 bits per heavy atom. The minimum atomic E-state index is -1.72. The normalized spacial score (nSPS) is 12.3. The molecule has 0 aliphatic carbocycles. The molecule has 0 saturated carbocycles. The van der Waals surface area contributed by atoms with E-state index in [-0.39, 0.29) is 6.10 Å². The summed E-state index contributed by atoms with van der Waals surface area (Å²) in [5, 5.41) is 0. The molecule has 24 heavy (non-hydrogen) atoms. The molecule has 0 saturated heterocycles. The van der Waals surface area contributed by atoms with Gasteiger partial charge in [0, 0.05) is 10.9 Å². The zero-order chi connectivity index (χ0) is 17.8. The Hall–Kier alpha value is -0.933. The number of rotatable bonds is 10. The molecule has 0 aliphatic rings. The lowest BCUT2D eigenvalue weighted by atomic mass is 10.2. The number of hydrogen-bond acceptors (Lipinski definition) is 3. The quantitative estimate of drug-likeness (QED) is 0.311. The summed E-state index contributed by atoms with van der Waals surface area (Å²) in [6, 6.07) is 11.3. The van der Waals surface area contributed by atoms with E-state index in [2.05, 4.69) is 48.5 Å². The molecule has 0 radical (unpaired) electrons. The van der Waals surface area contributed by atoms with Gasteiger partial charge in [0.25, 0.3) is 0 Å². The van der Waals surface area contributed by atoms with Crippen molar-refractivity contribution in [3.05, 3.63) is 34.3 Å². The van der Waals surface area contributed by atoms with Gasteiger partial charge in [0.05, 0.1) is 19.3 Å². The maximum atomic E-state index is 10.4. The van der Waals surface area contributed by atoms with E-state index in [0.717, 1.165) is 28.2 Å². The van der Waals surface area contributed by atoms with Crippen molar-refractivity contribution in [2.24, 2.45) is 0 Å². The van der Waals surface area contributed by atoms with E-state index >= 15 is 0 Å². The van der Waals surface area contributed by atoms with Crippen molar-refractivity contribution in [3.8, 4) is 11.8 Å². The largest absolute Gasteiger partial charge is 0.411 e. The minimum Gasteiger partial charge on any atom is -0.411 e. The van der Waals surface area contributed by atoms with Crippen LogP contribution >= 0.6 is 15.9 Å². The Balaban J connectivity index is 2.64. The molecule has 1 atom stereocenters. The van der Waals surface area contributed by atoms with E-state index in [1.54, 1.807) is 0 Å². The molecule has 1 rings (SSSR count). The minimum absolute atomic E-state index is 0.0700. The van der Waals surface area contributed by atoms with Gasteiger partial charge in [-0.15, -0.1) is 0 Å². The van der Waals surface area contributed by atoms with Crippen molar-refractivity contribution in [2.45, 2.75) is 58.0 Å². The molecule has 1 aromatic rings. The van der Waals surface area contributed by atoms with Crippen LogP contribution in [0.25, 0.3) is 0 Å². The first-order valence-electron chi connectivity index (χ1n) is 8.51. The van der Waals surface area contributed by atoms with Crippen molar-refractivity contribution < 1.29 is 14.0 Å². The third-order valence-corrected chi connectivity index (χ3v) is 9.55. The fourth-order valence-corrected chi connectivity index (χ4v) is 5.71. The van der Waals surface area contributed by atoms with Crippen LogP contribution in [0.2, 0.25) is 18.1 Å². The van der Waals surface area contributed by atoms with Crippen LogP contribution in [0.1, 0.15) is 32.8 Å². The molecule has 0 aliphatic heterocycles. The fourth-order valence-electron chi connectivity index (χ4n) is 2.59. The van der Waals surface area contributed by atoms with E-state index in [0.29, 0.717) is 25.9 Å². The smallest absolute Gasteiger partial charge is 0.192 e. The SMILES string of the molecule is CC[Si](CC)(CC)O[C@@H](CC#CC=O)COCc1ccc(Br)cc1. The molecule has 0 spiro atoms. The van der Waals surface area contributed by atoms with Crippen molar-refractivity contribution in [2.75, 3.05) is 6.61 Å². The maximum Gasteiger partial charge on any atom is 0.192 e. The van der Waals surface area contributed by atoms with E-state index in [1.165, 1.54) is 0 Å². The molecule has 132 valence electrons. The monoisotopic (exact) mass is 410 g/mol. The zero-order valence-electron chi connectivity index (χ0n) is 14.8. The molecule has 0 fully saturated rings. The van der Waals surface area contributed by atoms with E-state index in [1.807, 2.05) is 24.3 Å². The summed E-state index contributed by atoms with van der Waals surface area (Å²) >= 11 is 3.43. The third kappa shape index (κ3) is 7.31. The van der Waals surface area contributed by atoms with Crippen LogP contribution < -0.4 is 0 Å². The molecular weight excluding hydrogens is 384 g/mol. The molecule has 5 heteroatoms. The summed E-state index contributed by atoms with van der Waals surface area (Å²) in [6.45, 7) is 7.66. The summed E-state index contributed by atoms with van der Waals surface area (Å²) < 4.78 is 13.4. The Kier molecular flexibility index (Phi) is 10.2. The number of benzene rings is 1. The second-order valence-electron chi connectivity index (χ2n) is 5.77. The predicted octanol–water partition coefficient (Wildman–Crippen LogP) is 4.95. The first-order valence-corrected chi connectivity index (χ1v) is 11.8.